The van der Waals surface area contributed by atoms with Crippen LogP contribution in [0.25, 0.3) is 86.9 Å². The second kappa shape index (κ2) is 16.3. The summed E-state index contributed by atoms with van der Waals surface area (Å²) in [6.45, 7) is 0. The highest BCUT2D eigenvalue weighted by molar-refractivity contribution is 6.29. The van der Waals surface area contributed by atoms with Crippen LogP contribution in [-0.2, 0) is 0 Å². The number of aromatic nitrogens is 4. The van der Waals surface area contributed by atoms with Crippen LogP contribution in [0.2, 0.25) is 0 Å². The summed E-state index contributed by atoms with van der Waals surface area (Å²) in [7, 11) is 0. The highest BCUT2D eigenvalue weighted by atomic mass is 15.2. The number of fused-ring (bicyclic) bond motifs is 8. The number of pyridine rings is 4. The molecule has 0 radical (unpaired) electrons. The van der Waals surface area contributed by atoms with Gasteiger partial charge >= 0.3 is 0 Å². The van der Waals surface area contributed by atoms with Gasteiger partial charge in [-0.25, -0.2) is 19.9 Å². The summed E-state index contributed by atoms with van der Waals surface area (Å²) in [6, 6.07) is 77.8. The molecule has 4 aromatic heterocycles. The van der Waals surface area contributed by atoms with Crippen molar-refractivity contribution in [2.45, 2.75) is 0 Å². The van der Waals surface area contributed by atoms with Crippen LogP contribution in [0.5, 0.6) is 0 Å². The van der Waals surface area contributed by atoms with E-state index in [-0.39, 0.29) is 0 Å². The summed E-state index contributed by atoms with van der Waals surface area (Å²) in [5.74, 6) is 3.09. The lowest BCUT2D eigenvalue weighted by atomic mass is 9.82. The first-order chi connectivity index (χ1) is 33.8. The quantitative estimate of drug-likeness (QED) is 0.112. The minimum Gasteiger partial charge on any atom is -0.279 e. The van der Waals surface area contributed by atoms with E-state index in [2.05, 4.69) is 155 Å². The fourth-order valence-electron chi connectivity index (χ4n) is 10.3. The first kappa shape index (κ1) is 39.1. The van der Waals surface area contributed by atoms with E-state index in [0.29, 0.717) is 0 Å². The molecule has 318 valence electrons. The molecule has 0 aliphatic carbocycles. The Balaban J connectivity index is 1.24. The summed E-state index contributed by atoms with van der Waals surface area (Å²) >= 11 is 0. The summed E-state index contributed by atoms with van der Waals surface area (Å²) in [5, 5.41) is 14.0. The standard InChI is InChI=1S/C62H40N6/c1-3-19-45-41(17-1)37-53(49-23-7-5-21-47(45)49)61-51-31-29-43(67(57-25-9-13-33-63-57)58-26-10-14-34-64-58)39-55(51)62(54-38-42-18-2-4-20-46(42)48-22-6-8-24-50(48)54)56-40-44(30-32-52(56)61)68(59-27-11-15-35-65-59)60-28-12-16-36-66-60/h1-40H. The van der Waals surface area contributed by atoms with E-state index in [0.717, 1.165) is 72.9 Å². The number of benzene rings is 9. The predicted octanol–water partition coefficient (Wildman–Crippen LogP) is 16.5. The second-order valence-corrected chi connectivity index (χ2v) is 17.0. The Morgan fingerprint density at radius 1 is 0.235 bits per heavy atom. The van der Waals surface area contributed by atoms with Crippen LogP contribution >= 0.6 is 0 Å². The minimum atomic E-state index is 0.772. The number of nitrogens with zero attached hydrogens (tertiary/aromatic N) is 6. The van der Waals surface area contributed by atoms with Crippen molar-refractivity contribution in [3.05, 3.63) is 243 Å². The third-order valence-electron chi connectivity index (χ3n) is 13.2. The van der Waals surface area contributed by atoms with Crippen molar-refractivity contribution in [1.29, 1.82) is 0 Å². The Hall–Kier alpha value is -9.26. The van der Waals surface area contributed by atoms with Gasteiger partial charge in [0.05, 0.1) is 0 Å². The molecule has 0 saturated heterocycles. The smallest absolute Gasteiger partial charge is 0.138 e. The molecule has 0 N–H and O–H groups in total. The van der Waals surface area contributed by atoms with Gasteiger partial charge in [0.15, 0.2) is 0 Å². The van der Waals surface area contributed by atoms with Gasteiger partial charge in [0, 0.05) is 36.2 Å². The van der Waals surface area contributed by atoms with Gasteiger partial charge in [0.1, 0.15) is 23.3 Å². The molecule has 0 aliphatic heterocycles. The third-order valence-corrected chi connectivity index (χ3v) is 13.2. The van der Waals surface area contributed by atoms with Gasteiger partial charge in [-0.3, -0.25) is 9.80 Å². The van der Waals surface area contributed by atoms with Crippen molar-refractivity contribution >= 4 is 99.3 Å². The lowest BCUT2D eigenvalue weighted by Gasteiger charge is -2.27. The minimum absolute atomic E-state index is 0.772. The maximum absolute atomic E-state index is 4.90. The third kappa shape index (κ3) is 6.50. The Bertz CT molecular complexity index is 3810. The van der Waals surface area contributed by atoms with Crippen molar-refractivity contribution in [1.82, 2.24) is 19.9 Å². The molecular formula is C62H40N6. The van der Waals surface area contributed by atoms with Crippen LogP contribution in [0.3, 0.4) is 0 Å². The summed E-state index contributed by atoms with van der Waals surface area (Å²) in [5.41, 5.74) is 6.47. The van der Waals surface area contributed by atoms with Crippen molar-refractivity contribution in [3.63, 3.8) is 0 Å². The average Bonchev–Trinajstić information content (AvgIpc) is 3.41. The zero-order chi connectivity index (χ0) is 45.0. The van der Waals surface area contributed by atoms with E-state index >= 15 is 0 Å². The summed E-state index contributed by atoms with van der Waals surface area (Å²) < 4.78 is 0. The van der Waals surface area contributed by atoms with Crippen LogP contribution in [0.1, 0.15) is 0 Å². The Morgan fingerprint density at radius 3 is 0.926 bits per heavy atom. The molecule has 6 nitrogen and oxygen atoms in total. The molecule has 13 aromatic rings. The zero-order valence-electron chi connectivity index (χ0n) is 36.8. The fraction of sp³-hybridized carbons (Fsp3) is 0. The molecule has 0 amide bonds. The molecule has 0 bridgehead atoms. The van der Waals surface area contributed by atoms with Gasteiger partial charge in [0.2, 0.25) is 0 Å². The maximum Gasteiger partial charge on any atom is 0.138 e. The average molecular weight is 869 g/mol. The zero-order valence-corrected chi connectivity index (χ0v) is 36.8. The highest BCUT2D eigenvalue weighted by Gasteiger charge is 2.25. The first-order valence-corrected chi connectivity index (χ1v) is 22.9. The molecule has 13 rings (SSSR count). The van der Waals surface area contributed by atoms with Gasteiger partial charge in [-0.05, 0) is 172 Å². The largest absolute Gasteiger partial charge is 0.279 e. The van der Waals surface area contributed by atoms with E-state index in [1.807, 2.05) is 97.6 Å². The van der Waals surface area contributed by atoms with Gasteiger partial charge < -0.3 is 0 Å². The molecule has 0 atom stereocenters. The molecule has 68 heavy (non-hydrogen) atoms. The lowest BCUT2D eigenvalue weighted by molar-refractivity contribution is 1.13. The first-order valence-electron chi connectivity index (χ1n) is 22.9. The number of rotatable bonds is 8. The second-order valence-electron chi connectivity index (χ2n) is 17.0. The molecule has 9 aromatic carbocycles. The van der Waals surface area contributed by atoms with E-state index in [9.17, 15) is 0 Å². The number of hydrogen-bond acceptors (Lipinski definition) is 6. The van der Waals surface area contributed by atoms with E-state index in [4.69, 9.17) is 19.9 Å². The normalized spacial score (nSPS) is 11.5. The predicted molar refractivity (Wildman–Crippen MR) is 283 cm³/mol. The lowest BCUT2D eigenvalue weighted by Crippen LogP contribution is -2.13. The van der Waals surface area contributed by atoms with Crippen LogP contribution in [0.15, 0.2) is 243 Å². The van der Waals surface area contributed by atoms with Gasteiger partial charge in [-0.15, -0.1) is 0 Å². The number of anilines is 6. The van der Waals surface area contributed by atoms with Crippen LogP contribution in [0.4, 0.5) is 34.6 Å². The molecular weight excluding hydrogens is 829 g/mol. The van der Waals surface area contributed by atoms with Gasteiger partial charge in [-0.1, -0.05) is 133 Å². The van der Waals surface area contributed by atoms with Crippen molar-refractivity contribution < 1.29 is 0 Å². The Kier molecular flexibility index (Phi) is 9.39. The number of hydrogen-bond donors (Lipinski definition) is 0. The molecule has 0 fully saturated rings. The van der Waals surface area contributed by atoms with Crippen LogP contribution in [-0.4, -0.2) is 19.9 Å². The highest BCUT2D eigenvalue weighted by Crippen LogP contribution is 2.51. The van der Waals surface area contributed by atoms with Crippen molar-refractivity contribution in [2.75, 3.05) is 9.80 Å². The van der Waals surface area contributed by atoms with Crippen LogP contribution in [0, 0.1) is 0 Å². The summed E-state index contributed by atoms with van der Waals surface area (Å²) in [4.78, 5) is 23.9. The van der Waals surface area contributed by atoms with Gasteiger partial charge in [0.25, 0.3) is 0 Å². The Labute approximate surface area is 392 Å². The fourth-order valence-corrected chi connectivity index (χ4v) is 10.3. The Morgan fingerprint density at radius 2 is 0.559 bits per heavy atom. The summed E-state index contributed by atoms with van der Waals surface area (Å²) in [6.07, 6.45) is 7.36. The molecule has 6 heteroatoms. The molecule has 0 saturated carbocycles. The van der Waals surface area contributed by atoms with Gasteiger partial charge in [-0.2, -0.15) is 0 Å². The van der Waals surface area contributed by atoms with Crippen molar-refractivity contribution in [2.24, 2.45) is 0 Å². The van der Waals surface area contributed by atoms with E-state index < -0.39 is 0 Å². The molecule has 0 spiro atoms. The monoisotopic (exact) mass is 868 g/mol. The molecule has 4 heterocycles. The van der Waals surface area contributed by atoms with E-state index in [1.165, 1.54) is 48.7 Å². The molecule has 0 aliphatic rings. The SMILES string of the molecule is c1ccc(N(c2ccc3c(-c4cc5ccccc5c5ccccc45)c4ccc(N(c5ccccn5)c5ccccn5)cc4c(-c4cc5ccccc5c5ccccc45)c3c2)c2ccccn2)nc1. The van der Waals surface area contributed by atoms with E-state index in [1.54, 1.807) is 0 Å². The van der Waals surface area contributed by atoms with Crippen molar-refractivity contribution in [3.8, 4) is 22.3 Å². The molecule has 0 unspecified atom stereocenters. The van der Waals surface area contributed by atoms with Crippen LogP contribution < -0.4 is 9.80 Å². The maximum atomic E-state index is 4.90. The topological polar surface area (TPSA) is 58.0 Å².